The zero-order valence-corrected chi connectivity index (χ0v) is 18.6. The zero-order valence-electron chi connectivity index (χ0n) is 16.4. The minimum atomic E-state index is 0.0114. The molecule has 2 rings (SSSR count). The van der Waals surface area contributed by atoms with E-state index in [-0.39, 0.29) is 18.0 Å². The molecule has 7 heteroatoms. The third kappa shape index (κ3) is 7.04. The Morgan fingerprint density at radius 1 is 1.11 bits per heavy atom. The van der Waals surface area contributed by atoms with Gasteiger partial charge in [0.15, 0.2) is 0 Å². The van der Waals surface area contributed by atoms with Gasteiger partial charge in [-0.3, -0.25) is 0 Å². The molecule has 1 unspecified atom stereocenters. The molecule has 0 aliphatic carbocycles. The summed E-state index contributed by atoms with van der Waals surface area (Å²) >= 11 is 15.6. The van der Waals surface area contributed by atoms with Crippen LogP contribution in [0, 0.1) is 27.7 Å². The van der Waals surface area contributed by atoms with Crippen LogP contribution in [0.4, 0.5) is 5.69 Å². The van der Waals surface area contributed by atoms with Gasteiger partial charge in [-0.05, 0) is 63.4 Å². The molecule has 2 N–H and O–H groups in total. The second kappa shape index (κ2) is 11.6. The van der Waals surface area contributed by atoms with Gasteiger partial charge in [-0.15, -0.1) is 23.2 Å². The average Bonchev–Trinajstić information content (AvgIpc) is 2.59. The van der Waals surface area contributed by atoms with Gasteiger partial charge < -0.3 is 15.2 Å². The number of alkyl halides is 2. The number of rotatable bonds is 6. The van der Waals surface area contributed by atoms with Crippen LogP contribution in [-0.2, 0) is 0 Å². The predicted molar refractivity (Wildman–Crippen MR) is 116 cm³/mol. The molecule has 2 aromatic rings. The quantitative estimate of drug-likeness (QED) is 0.520. The number of hydrogen-bond acceptors (Lipinski definition) is 4. The maximum atomic E-state index is 9.43. The molecule has 0 saturated heterocycles. The third-order valence-corrected chi connectivity index (χ3v) is 4.27. The third-order valence-electron chi connectivity index (χ3n) is 4.05. The molecule has 0 bridgehead atoms. The standard InChI is InChI=1S/C19H25ClN2O2.CH2Cl2/c1-6-16(10-23)22-17-9-13(4)21-19(14(17)5)24-18-11(2)7-15(20)8-12(18)3;2-1-3/h7-9,16,23H,6,10H2,1-5H3,(H,21,22);1H2. The Kier molecular flexibility index (Phi) is 10.2. The van der Waals surface area contributed by atoms with Crippen molar-refractivity contribution in [2.45, 2.75) is 47.1 Å². The molecule has 0 aliphatic rings. The van der Waals surface area contributed by atoms with Gasteiger partial charge in [-0.2, -0.15) is 0 Å². The average molecular weight is 434 g/mol. The zero-order chi connectivity index (χ0) is 20.6. The van der Waals surface area contributed by atoms with E-state index in [9.17, 15) is 5.11 Å². The van der Waals surface area contributed by atoms with E-state index in [4.69, 9.17) is 39.5 Å². The first-order valence-corrected chi connectivity index (χ1v) is 10.1. The topological polar surface area (TPSA) is 54.4 Å². The van der Waals surface area contributed by atoms with Crippen molar-refractivity contribution in [1.29, 1.82) is 0 Å². The highest BCUT2D eigenvalue weighted by Crippen LogP contribution is 2.34. The number of hydrogen-bond donors (Lipinski definition) is 2. The lowest BCUT2D eigenvalue weighted by atomic mass is 10.1. The van der Waals surface area contributed by atoms with Crippen molar-refractivity contribution in [2.75, 3.05) is 17.3 Å². The Morgan fingerprint density at radius 3 is 2.15 bits per heavy atom. The van der Waals surface area contributed by atoms with Crippen LogP contribution in [-0.4, -0.2) is 28.1 Å². The van der Waals surface area contributed by atoms with E-state index in [1.165, 1.54) is 0 Å². The monoisotopic (exact) mass is 432 g/mol. The Morgan fingerprint density at radius 2 is 1.67 bits per heavy atom. The summed E-state index contributed by atoms with van der Waals surface area (Å²) in [4.78, 5) is 4.53. The van der Waals surface area contributed by atoms with Crippen molar-refractivity contribution in [1.82, 2.24) is 4.98 Å². The highest BCUT2D eigenvalue weighted by molar-refractivity contribution is 6.40. The van der Waals surface area contributed by atoms with Crippen LogP contribution in [0.3, 0.4) is 0 Å². The molecule has 150 valence electrons. The van der Waals surface area contributed by atoms with E-state index in [1.807, 2.05) is 52.8 Å². The van der Waals surface area contributed by atoms with Crippen molar-refractivity contribution in [3.63, 3.8) is 0 Å². The summed E-state index contributed by atoms with van der Waals surface area (Å²) in [7, 11) is 0. The number of aliphatic hydroxyl groups excluding tert-OH is 1. The van der Waals surface area contributed by atoms with E-state index in [1.54, 1.807) is 0 Å². The summed E-state index contributed by atoms with van der Waals surface area (Å²) in [5, 5.41) is 13.7. The van der Waals surface area contributed by atoms with Gasteiger partial charge in [0.2, 0.25) is 5.88 Å². The number of ether oxygens (including phenoxy) is 1. The Labute approximate surface area is 176 Å². The summed E-state index contributed by atoms with van der Waals surface area (Å²) in [6, 6.07) is 5.75. The van der Waals surface area contributed by atoms with Crippen LogP contribution in [0.2, 0.25) is 5.02 Å². The normalized spacial score (nSPS) is 11.4. The van der Waals surface area contributed by atoms with Crippen LogP contribution >= 0.6 is 34.8 Å². The number of aryl methyl sites for hydroxylation is 3. The van der Waals surface area contributed by atoms with Crippen LogP contribution in [0.1, 0.15) is 35.7 Å². The highest BCUT2D eigenvalue weighted by atomic mass is 35.5. The van der Waals surface area contributed by atoms with Crippen LogP contribution in [0.25, 0.3) is 0 Å². The summed E-state index contributed by atoms with van der Waals surface area (Å²) in [6.45, 7) is 9.96. The van der Waals surface area contributed by atoms with Crippen molar-refractivity contribution in [3.05, 3.63) is 45.6 Å². The van der Waals surface area contributed by atoms with Gasteiger partial charge in [0, 0.05) is 28.0 Å². The smallest absolute Gasteiger partial charge is 0.224 e. The highest BCUT2D eigenvalue weighted by Gasteiger charge is 2.15. The lowest BCUT2D eigenvalue weighted by molar-refractivity contribution is 0.271. The maximum absolute atomic E-state index is 9.43. The van der Waals surface area contributed by atoms with Gasteiger partial charge >= 0.3 is 0 Å². The number of nitrogens with zero attached hydrogens (tertiary/aromatic N) is 1. The number of nitrogens with one attached hydrogen (secondary N) is 1. The molecular formula is C20H27Cl3N2O2. The number of halogens is 3. The fourth-order valence-corrected chi connectivity index (χ4v) is 2.94. The van der Waals surface area contributed by atoms with Crippen molar-refractivity contribution in [3.8, 4) is 11.6 Å². The summed E-state index contributed by atoms with van der Waals surface area (Å²) in [5.74, 6) is 1.35. The lowest BCUT2D eigenvalue weighted by Gasteiger charge is -2.20. The Hall–Kier alpha value is -1.20. The number of aromatic nitrogens is 1. The molecular weight excluding hydrogens is 407 g/mol. The molecule has 1 atom stereocenters. The Balaban J connectivity index is 0.00000114. The molecule has 0 amide bonds. The molecule has 0 fully saturated rings. The van der Waals surface area contributed by atoms with Crippen molar-refractivity contribution < 1.29 is 9.84 Å². The molecule has 0 radical (unpaired) electrons. The minimum absolute atomic E-state index is 0.0114. The number of anilines is 1. The van der Waals surface area contributed by atoms with Crippen LogP contribution < -0.4 is 10.1 Å². The number of benzene rings is 1. The summed E-state index contributed by atoms with van der Waals surface area (Å²) < 4.78 is 6.12. The molecule has 0 aliphatic heterocycles. The molecule has 0 spiro atoms. The number of aliphatic hydroxyl groups is 1. The molecule has 1 aromatic carbocycles. The van der Waals surface area contributed by atoms with Crippen LogP contribution in [0.5, 0.6) is 11.6 Å². The van der Waals surface area contributed by atoms with Gasteiger partial charge in [-0.25, -0.2) is 4.98 Å². The van der Waals surface area contributed by atoms with Crippen molar-refractivity contribution in [2.24, 2.45) is 0 Å². The van der Waals surface area contributed by atoms with E-state index in [2.05, 4.69) is 10.3 Å². The number of pyridine rings is 1. The molecule has 1 aromatic heterocycles. The first-order valence-electron chi connectivity index (χ1n) is 8.69. The first-order chi connectivity index (χ1) is 12.8. The van der Waals surface area contributed by atoms with E-state index in [0.717, 1.165) is 40.2 Å². The fourth-order valence-electron chi connectivity index (χ4n) is 2.61. The first kappa shape index (κ1) is 23.8. The van der Waals surface area contributed by atoms with Gasteiger partial charge in [0.1, 0.15) is 5.75 Å². The maximum Gasteiger partial charge on any atom is 0.224 e. The second-order valence-corrected chi connectivity index (χ2v) is 7.49. The van der Waals surface area contributed by atoms with Crippen molar-refractivity contribution >= 4 is 40.5 Å². The molecule has 1 heterocycles. The SMILES string of the molecule is CCC(CO)Nc1cc(C)nc(Oc2c(C)cc(Cl)cc2C)c1C.ClCCl. The second-order valence-electron chi connectivity index (χ2n) is 6.25. The summed E-state index contributed by atoms with van der Waals surface area (Å²) in [6.07, 6.45) is 0.836. The van der Waals surface area contributed by atoms with E-state index < -0.39 is 0 Å². The van der Waals surface area contributed by atoms with Gasteiger partial charge in [-0.1, -0.05) is 18.5 Å². The Bertz CT molecular complexity index is 727. The largest absolute Gasteiger partial charge is 0.438 e. The van der Waals surface area contributed by atoms with E-state index in [0.29, 0.717) is 10.9 Å². The van der Waals surface area contributed by atoms with Gasteiger partial charge in [0.25, 0.3) is 0 Å². The van der Waals surface area contributed by atoms with Gasteiger partial charge in [0.05, 0.1) is 11.9 Å². The molecule has 4 nitrogen and oxygen atoms in total. The fraction of sp³-hybridized carbons (Fsp3) is 0.450. The lowest BCUT2D eigenvalue weighted by Crippen LogP contribution is -2.23. The van der Waals surface area contributed by atoms with E-state index >= 15 is 0 Å². The predicted octanol–water partition coefficient (Wildman–Crippen LogP) is 6.37. The molecule has 27 heavy (non-hydrogen) atoms. The minimum Gasteiger partial charge on any atom is -0.438 e. The molecule has 0 saturated carbocycles. The summed E-state index contributed by atoms with van der Waals surface area (Å²) in [5.41, 5.74) is 4.65. The van der Waals surface area contributed by atoms with Crippen LogP contribution in [0.15, 0.2) is 18.2 Å².